The molecule has 1 heterocycles. The van der Waals surface area contributed by atoms with E-state index in [0.717, 1.165) is 5.56 Å². The number of para-hydroxylation sites is 2. The second kappa shape index (κ2) is 10.1. The largest absolute Gasteiger partial charge is 0.495 e. The van der Waals surface area contributed by atoms with Crippen LogP contribution >= 0.6 is 11.8 Å². The van der Waals surface area contributed by atoms with E-state index in [1.54, 1.807) is 35.7 Å². The number of benzene rings is 2. The molecule has 0 radical (unpaired) electrons. The van der Waals surface area contributed by atoms with Crippen molar-refractivity contribution in [1.82, 2.24) is 10.8 Å². The number of carbonyl (C=O) groups is 3. The number of thioether (sulfide) groups is 1. The number of nitrogens with one attached hydrogen (secondary N) is 2. The number of carbonyl (C=O) groups excluding carboxylic acids is 3. The van der Waals surface area contributed by atoms with E-state index in [1.165, 1.54) is 11.8 Å². The number of ether oxygens (including phenoxy) is 1. The van der Waals surface area contributed by atoms with Gasteiger partial charge < -0.3 is 10.1 Å². The van der Waals surface area contributed by atoms with Crippen LogP contribution in [0.15, 0.2) is 48.5 Å². The maximum atomic E-state index is 12.6. The Bertz CT molecular complexity index is 936. The van der Waals surface area contributed by atoms with Crippen LogP contribution in [0.5, 0.6) is 5.75 Å². The first-order valence-corrected chi connectivity index (χ1v) is 10.5. The zero-order chi connectivity index (χ0) is 21.5. The lowest BCUT2D eigenvalue weighted by Gasteiger charge is -2.26. The van der Waals surface area contributed by atoms with Gasteiger partial charge in [-0.05, 0) is 36.2 Å². The molecule has 0 aromatic heterocycles. The van der Waals surface area contributed by atoms with Crippen molar-refractivity contribution in [3.63, 3.8) is 0 Å². The van der Waals surface area contributed by atoms with Crippen LogP contribution in [-0.4, -0.2) is 42.3 Å². The zero-order valence-corrected chi connectivity index (χ0v) is 17.3. The fraction of sp³-hybridized carbons (Fsp3) is 0.286. The predicted molar refractivity (Wildman–Crippen MR) is 114 cm³/mol. The van der Waals surface area contributed by atoms with Crippen LogP contribution in [0.3, 0.4) is 0 Å². The first-order valence-electron chi connectivity index (χ1n) is 9.43. The van der Waals surface area contributed by atoms with Crippen molar-refractivity contribution in [1.29, 1.82) is 0 Å². The van der Waals surface area contributed by atoms with Gasteiger partial charge in [-0.25, -0.2) is 5.48 Å². The molecule has 0 aliphatic carbocycles. The Morgan fingerprint density at radius 2 is 2.03 bits per heavy atom. The molecule has 1 fully saturated rings. The molecule has 2 aromatic carbocycles. The van der Waals surface area contributed by atoms with Gasteiger partial charge in [-0.15, -0.1) is 11.8 Å². The first kappa shape index (κ1) is 21.7. The molecule has 1 aliphatic heterocycles. The van der Waals surface area contributed by atoms with E-state index < -0.39 is 5.91 Å². The fourth-order valence-corrected chi connectivity index (χ4v) is 4.36. The second-order valence-corrected chi connectivity index (χ2v) is 7.69. The van der Waals surface area contributed by atoms with Crippen molar-refractivity contribution in [3.05, 3.63) is 59.7 Å². The summed E-state index contributed by atoms with van der Waals surface area (Å²) in [5.41, 5.74) is 3.56. The molecule has 0 bridgehead atoms. The summed E-state index contributed by atoms with van der Waals surface area (Å²) in [6.07, 6.45) is 0.526. The third-order valence-electron chi connectivity index (χ3n) is 4.64. The third kappa shape index (κ3) is 4.92. The van der Waals surface area contributed by atoms with Gasteiger partial charge in [0, 0.05) is 18.5 Å². The fourth-order valence-electron chi connectivity index (χ4n) is 3.20. The van der Waals surface area contributed by atoms with Crippen LogP contribution in [0.1, 0.15) is 34.1 Å². The number of hydroxylamine groups is 1. The van der Waals surface area contributed by atoms with E-state index in [2.05, 4.69) is 5.32 Å². The summed E-state index contributed by atoms with van der Waals surface area (Å²) in [4.78, 5) is 37.8. The second-order valence-electron chi connectivity index (χ2n) is 6.62. The van der Waals surface area contributed by atoms with Gasteiger partial charge in [0.15, 0.2) is 0 Å². The normalized spacial score (nSPS) is 15.7. The molecule has 3 rings (SSSR count). The van der Waals surface area contributed by atoms with E-state index in [4.69, 9.17) is 9.94 Å². The first-order chi connectivity index (χ1) is 14.5. The number of rotatable bonds is 8. The van der Waals surface area contributed by atoms with E-state index in [9.17, 15) is 14.4 Å². The SMILES string of the molecule is COc1ccccc1N1C(=O)CSC1c1cccc(C(=O)NCCCC(=O)NO)c1. The molecular weight excluding hydrogens is 406 g/mol. The number of hydrogen-bond donors (Lipinski definition) is 3. The summed E-state index contributed by atoms with van der Waals surface area (Å²) >= 11 is 1.49. The van der Waals surface area contributed by atoms with Crippen molar-refractivity contribution in [2.24, 2.45) is 0 Å². The molecule has 3 amide bonds. The van der Waals surface area contributed by atoms with Gasteiger partial charge >= 0.3 is 0 Å². The highest BCUT2D eigenvalue weighted by Gasteiger charge is 2.35. The standard InChI is InChI=1S/C21H23N3O5S/c1-29-17-9-3-2-8-16(17)24-19(26)13-30-21(24)15-7-4-6-14(12-15)20(27)22-11-5-10-18(25)23-28/h2-4,6-9,12,21,28H,5,10-11,13H2,1H3,(H,22,27)(H,23,25). The number of amides is 3. The van der Waals surface area contributed by atoms with Gasteiger partial charge in [0.2, 0.25) is 11.8 Å². The molecule has 30 heavy (non-hydrogen) atoms. The Labute approximate surface area is 178 Å². The molecule has 0 saturated carbocycles. The van der Waals surface area contributed by atoms with Crippen LogP contribution in [0.4, 0.5) is 5.69 Å². The maximum absolute atomic E-state index is 12.6. The molecule has 9 heteroatoms. The lowest BCUT2D eigenvalue weighted by molar-refractivity contribution is -0.129. The van der Waals surface area contributed by atoms with Gasteiger partial charge in [0.1, 0.15) is 11.1 Å². The molecule has 1 saturated heterocycles. The number of anilines is 1. The van der Waals surface area contributed by atoms with Crippen molar-refractivity contribution in [2.45, 2.75) is 18.2 Å². The predicted octanol–water partition coefficient (Wildman–Crippen LogP) is 2.49. The lowest BCUT2D eigenvalue weighted by Crippen LogP contribution is -2.29. The highest BCUT2D eigenvalue weighted by Crippen LogP contribution is 2.44. The minimum Gasteiger partial charge on any atom is -0.495 e. The maximum Gasteiger partial charge on any atom is 0.251 e. The molecule has 158 valence electrons. The number of nitrogens with zero attached hydrogens (tertiary/aromatic N) is 1. The summed E-state index contributed by atoms with van der Waals surface area (Å²) in [5, 5.41) is 11.0. The Kier molecular flexibility index (Phi) is 7.31. The van der Waals surface area contributed by atoms with Gasteiger partial charge in [0.05, 0.1) is 18.6 Å². The highest BCUT2D eigenvalue weighted by atomic mass is 32.2. The molecule has 1 atom stereocenters. The molecule has 8 nitrogen and oxygen atoms in total. The van der Waals surface area contributed by atoms with Crippen LogP contribution in [0, 0.1) is 0 Å². The van der Waals surface area contributed by atoms with Crippen LogP contribution in [0.25, 0.3) is 0 Å². The van der Waals surface area contributed by atoms with Crippen LogP contribution in [-0.2, 0) is 9.59 Å². The number of hydrogen-bond acceptors (Lipinski definition) is 6. The van der Waals surface area contributed by atoms with Gasteiger partial charge in [-0.2, -0.15) is 0 Å². The lowest BCUT2D eigenvalue weighted by atomic mass is 10.1. The monoisotopic (exact) mass is 429 g/mol. The molecule has 3 N–H and O–H groups in total. The molecule has 1 unspecified atom stereocenters. The molecule has 1 aliphatic rings. The van der Waals surface area contributed by atoms with Crippen LogP contribution < -0.4 is 20.4 Å². The zero-order valence-electron chi connectivity index (χ0n) is 16.5. The molecule has 0 spiro atoms. The summed E-state index contributed by atoms with van der Waals surface area (Å²) in [6.45, 7) is 0.306. The van der Waals surface area contributed by atoms with E-state index in [-0.39, 0.29) is 23.6 Å². The van der Waals surface area contributed by atoms with Gasteiger partial charge in [-0.1, -0.05) is 24.3 Å². The van der Waals surface area contributed by atoms with Gasteiger partial charge in [-0.3, -0.25) is 24.5 Å². The minimum absolute atomic E-state index is 0.0217. The summed E-state index contributed by atoms with van der Waals surface area (Å²) < 4.78 is 5.42. The average molecular weight is 429 g/mol. The topological polar surface area (TPSA) is 108 Å². The molecule has 2 aromatic rings. The smallest absolute Gasteiger partial charge is 0.251 e. The van der Waals surface area contributed by atoms with Crippen molar-refractivity contribution >= 4 is 35.2 Å². The Morgan fingerprint density at radius 3 is 2.80 bits per heavy atom. The summed E-state index contributed by atoms with van der Waals surface area (Å²) in [5.74, 6) is 0.169. The van der Waals surface area contributed by atoms with Gasteiger partial charge in [0.25, 0.3) is 5.91 Å². The minimum atomic E-state index is -0.495. The van der Waals surface area contributed by atoms with Crippen molar-refractivity contribution in [2.75, 3.05) is 24.3 Å². The van der Waals surface area contributed by atoms with E-state index in [0.29, 0.717) is 35.7 Å². The van der Waals surface area contributed by atoms with Crippen molar-refractivity contribution in [3.8, 4) is 5.75 Å². The highest BCUT2D eigenvalue weighted by molar-refractivity contribution is 8.00. The number of methoxy groups -OCH3 is 1. The summed E-state index contributed by atoms with van der Waals surface area (Å²) in [6, 6.07) is 14.5. The Morgan fingerprint density at radius 1 is 1.23 bits per heavy atom. The summed E-state index contributed by atoms with van der Waals surface area (Å²) in [7, 11) is 1.57. The average Bonchev–Trinajstić information content (AvgIpc) is 3.17. The Hall–Kier alpha value is -3.04. The Balaban J connectivity index is 1.75. The van der Waals surface area contributed by atoms with Crippen molar-refractivity contribution < 1.29 is 24.3 Å². The van der Waals surface area contributed by atoms with E-state index in [1.807, 2.05) is 30.3 Å². The van der Waals surface area contributed by atoms with Crippen LogP contribution in [0.2, 0.25) is 0 Å². The van der Waals surface area contributed by atoms with E-state index >= 15 is 0 Å². The molecular formula is C21H23N3O5S. The third-order valence-corrected chi connectivity index (χ3v) is 5.85. The quantitative estimate of drug-likeness (QED) is 0.338.